The predicted molar refractivity (Wildman–Crippen MR) is 57.5 cm³/mol. The van der Waals surface area contributed by atoms with Gasteiger partial charge in [0.2, 0.25) is 0 Å². The second-order valence-corrected chi connectivity index (χ2v) is 4.09. The SMILES string of the molecule is Cc1nnsc1C(O)Cc1cccnc1. The Hall–Kier alpha value is -1.33. The Morgan fingerprint density at radius 1 is 1.53 bits per heavy atom. The number of aliphatic hydroxyl groups is 1. The number of pyridine rings is 1. The van der Waals surface area contributed by atoms with Gasteiger partial charge in [-0.1, -0.05) is 10.6 Å². The maximum Gasteiger partial charge on any atom is 0.0957 e. The summed E-state index contributed by atoms with van der Waals surface area (Å²) in [5, 5.41) is 13.8. The summed E-state index contributed by atoms with van der Waals surface area (Å²) in [6.45, 7) is 1.85. The summed E-state index contributed by atoms with van der Waals surface area (Å²) in [7, 11) is 0. The van der Waals surface area contributed by atoms with Gasteiger partial charge in [-0.15, -0.1) is 5.10 Å². The van der Waals surface area contributed by atoms with Crippen LogP contribution in [-0.4, -0.2) is 19.7 Å². The molecule has 2 heterocycles. The van der Waals surface area contributed by atoms with Crippen LogP contribution in [0.5, 0.6) is 0 Å². The molecule has 5 heteroatoms. The van der Waals surface area contributed by atoms with E-state index in [1.165, 1.54) is 11.5 Å². The molecule has 2 aromatic rings. The number of hydrogen-bond donors (Lipinski definition) is 1. The Morgan fingerprint density at radius 3 is 3.00 bits per heavy atom. The molecule has 0 aliphatic carbocycles. The van der Waals surface area contributed by atoms with E-state index < -0.39 is 6.10 Å². The first-order valence-corrected chi connectivity index (χ1v) is 5.40. The van der Waals surface area contributed by atoms with Crippen molar-refractivity contribution < 1.29 is 5.11 Å². The van der Waals surface area contributed by atoms with Crippen LogP contribution in [0.15, 0.2) is 24.5 Å². The van der Waals surface area contributed by atoms with Crippen molar-refractivity contribution in [3.8, 4) is 0 Å². The lowest BCUT2D eigenvalue weighted by atomic mass is 10.1. The van der Waals surface area contributed by atoms with Crippen LogP contribution in [0.25, 0.3) is 0 Å². The normalized spacial score (nSPS) is 12.7. The van der Waals surface area contributed by atoms with Crippen molar-refractivity contribution in [2.24, 2.45) is 0 Å². The first-order chi connectivity index (χ1) is 7.27. The van der Waals surface area contributed by atoms with Crippen molar-refractivity contribution in [2.45, 2.75) is 19.4 Å². The fourth-order valence-electron chi connectivity index (χ4n) is 1.38. The topological polar surface area (TPSA) is 58.9 Å². The van der Waals surface area contributed by atoms with Crippen molar-refractivity contribution in [1.82, 2.24) is 14.6 Å². The second-order valence-electron chi connectivity index (χ2n) is 3.30. The van der Waals surface area contributed by atoms with Crippen molar-refractivity contribution in [3.05, 3.63) is 40.7 Å². The van der Waals surface area contributed by atoms with Gasteiger partial charge in [0.25, 0.3) is 0 Å². The predicted octanol–water partition coefficient (Wildman–Crippen LogP) is 1.52. The Bertz CT molecular complexity index is 429. The number of nitrogens with zero attached hydrogens (tertiary/aromatic N) is 3. The Labute approximate surface area is 91.8 Å². The van der Waals surface area contributed by atoms with Gasteiger partial charge in [-0.05, 0) is 30.1 Å². The van der Waals surface area contributed by atoms with Crippen LogP contribution in [0.1, 0.15) is 22.2 Å². The van der Waals surface area contributed by atoms with Crippen LogP contribution in [0.2, 0.25) is 0 Å². The number of hydrogen-bond acceptors (Lipinski definition) is 5. The summed E-state index contributed by atoms with van der Waals surface area (Å²) < 4.78 is 3.80. The molecule has 0 bridgehead atoms. The van der Waals surface area contributed by atoms with Crippen molar-refractivity contribution in [1.29, 1.82) is 0 Å². The van der Waals surface area contributed by atoms with E-state index in [2.05, 4.69) is 14.6 Å². The summed E-state index contributed by atoms with van der Waals surface area (Å²) in [6, 6.07) is 3.81. The Balaban J connectivity index is 2.11. The highest BCUT2D eigenvalue weighted by Crippen LogP contribution is 2.22. The number of rotatable bonds is 3. The molecule has 0 saturated heterocycles. The fourth-order valence-corrected chi connectivity index (χ4v) is 2.01. The molecule has 0 aliphatic rings. The second kappa shape index (κ2) is 4.46. The lowest BCUT2D eigenvalue weighted by Crippen LogP contribution is -2.01. The Morgan fingerprint density at radius 2 is 2.40 bits per heavy atom. The van der Waals surface area contributed by atoms with Crippen molar-refractivity contribution in [2.75, 3.05) is 0 Å². The summed E-state index contributed by atoms with van der Waals surface area (Å²) in [4.78, 5) is 4.83. The highest BCUT2D eigenvalue weighted by Gasteiger charge is 2.14. The van der Waals surface area contributed by atoms with E-state index in [4.69, 9.17) is 0 Å². The molecular weight excluding hydrogens is 210 g/mol. The maximum atomic E-state index is 9.95. The first kappa shape index (κ1) is 10.2. The molecule has 1 unspecified atom stereocenters. The van der Waals surface area contributed by atoms with Crippen molar-refractivity contribution in [3.63, 3.8) is 0 Å². The van der Waals surface area contributed by atoms with Gasteiger partial charge in [-0.2, -0.15) is 0 Å². The molecule has 0 spiro atoms. The van der Waals surface area contributed by atoms with Gasteiger partial charge in [0.1, 0.15) is 0 Å². The van der Waals surface area contributed by atoms with Crippen LogP contribution in [0.4, 0.5) is 0 Å². The molecule has 0 aliphatic heterocycles. The minimum atomic E-state index is -0.533. The third-order valence-corrected chi connectivity index (χ3v) is 3.07. The molecule has 0 saturated carbocycles. The standard InChI is InChI=1S/C10H11N3OS/c1-7-10(15-13-12-7)9(14)5-8-3-2-4-11-6-8/h2-4,6,9,14H,5H2,1H3. The molecule has 1 N–H and O–H groups in total. The summed E-state index contributed by atoms with van der Waals surface area (Å²) in [5.74, 6) is 0. The average molecular weight is 221 g/mol. The molecule has 78 valence electrons. The van der Waals surface area contributed by atoms with Gasteiger partial charge in [-0.25, -0.2) is 0 Å². The van der Waals surface area contributed by atoms with E-state index in [9.17, 15) is 5.11 Å². The largest absolute Gasteiger partial charge is 0.387 e. The monoisotopic (exact) mass is 221 g/mol. The molecule has 2 aromatic heterocycles. The lowest BCUT2D eigenvalue weighted by molar-refractivity contribution is 0.181. The number of aliphatic hydroxyl groups excluding tert-OH is 1. The van der Waals surface area contributed by atoms with E-state index in [1.54, 1.807) is 12.4 Å². The van der Waals surface area contributed by atoms with E-state index in [0.29, 0.717) is 6.42 Å². The van der Waals surface area contributed by atoms with Gasteiger partial charge >= 0.3 is 0 Å². The third kappa shape index (κ3) is 2.37. The molecule has 0 amide bonds. The molecule has 0 aromatic carbocycles. The highest BCUT2D eigenvalue weighted by molar-refractivity contribution is 7.05. The molecule has 1 atom stereocenters. The smallest absolute Gasteiger partial charge is 0.0957 e. The number of aromatic nitrogens is 3. The van der Waals surface area contributed by atoms with Gasteiger partial charge in [-0.3, -0.25) is 4.98 Å². The molecular formula is C10H11N3OS. The quantitative estimate of drug-likeness (QED) is 0.853. The van der Waals surface area contributed by atoms with Crippen LogP contribution in [0.3, 0.4) is 0 Å². The average Bonchev–Trinajstić information content (AvgIpc) is 2.66. The van der Waals surface area contributed by atoms with Crippen LogP contribution in [0, 0.1) is 6.92 Å². The molecule has 0 radical (unpaired) electrons. The summed E-state index contributed by atoms with van der Waals surface area (Å²) in [6.07, 6.45) is 3.50. The van der Waals surface area contributed by atoms with E-state index >= 15 is 0 Å². The van der Waals surface area contributed by atoms with E-state index in [0.717, 1.165) is 16.1 Å². The summed E-state index contributed by atoms with van der Waals surface area (Å²) in [5.41, 5.74) is 1.81. The molecule has 4 nitrogen and oxygen atoms in total. The minimum Gasteiger partial charge on any atom is -0.387 e. The zero-order valence-corrected chi connectivity index (χ0v) is 9.11. The zero-order valence-electron chi connectivity index (χ0n) is 8.29. The minimum absolute atomic E-state index is 0.533. The first-order valence-electron chi connectivity index (χ1n) is 4.63. The van der Waals surface area contributed by atoms with E-state index in [1.807, 2.05) is 19.1 Å². The van der Waals surface area contributed by atoms with Crippen LogP contribution >= 0.6 is 11.5 Å². The fraction of sp³-hybridized carbons (Fsp3) is 0.300. The maximum absolute atomic E-state index is 9.95. The molecule has 0 fully saturated rings. The van der Waals surface area contributed by atoms with E-state index in [-0.39, 0.29) is 0 Å². The lowest BCUT2D eigenvalue weighted by Gasteiger charge is -2.07. The van der Waals surface area contributed by atoms with Gasteiger partial charge in [0, 0.05) is 18.8 Å². The van der Waals surface area contributed by atoms with Crippen LogP contribution < -0.4 is 0 Å². The van der Waals surface area contributed by atoms with Gasteiger partial charge in [0.05, 0.1) is 16.7 Å². The van der Waals surface area contributed by atoms with Gasteiger partial charge in [0.15, 0.2) is 0 Å². The van der Waals surface area contributed by atoms with Gasteiger partial charge < -0.3 is 5.11 Å². The Kier molecular flexibility index (Phi) is 3.03. The van der Waals surface area contributed by atoms with Crippen LogP contribution in [-0.2, 0) is 6.42 Å². The summed E-state index contributed by atoms with van der Waals surface area (Å²) >= 11 is 1.25. The molecule has 2 rings (SSSR count). The third-order valence-electron chi connectivity index (χ3n) is 2.14. The zero-order chi connectivity index (χ0) is 10.7. The number of aryl methyl sites for hydroxylation is 1. The molecule has 15 heavy (non-hydrogen) atoms. The van der Waals surface area contributed by atoms with Crippen molar-refractivity contribution >= 4 is 11.5 Å². The highest BCUT2D eigenvalue weighted by atomic mass is 32.1.